The molecule has 1 heterocycles. The number of fused-ring (bicyclic) bond motifs is 1. The van der Waals surface area contributed by atoms with Crippen LogP contribution in [0.1, 0.15) is 30.6 Å². The van der Waals surface area contributed by atoms with Gasteiger partial charge in [-0.15, -0.1) is 0 Å². The van der Waals surface area contributed by atoms with Gasteiger partial charge >= 0.3 is 5.97 Å². The molecule has 2 amide bonds. The number of hydrogen-bond donors (Lipinski definition) is 3. The number of carboxylic acids is 1. The summed E-state index contributed by atoms with van der Waals surface area (Å²) in [6.07, 6.45) is 0.317. The van der Waals surface area contributed by atoms with E-state index in [1.54, 1.807) is 18.2 Å². The summed E-state index contributed by atoms with van der Waals surface area (Å²) in [4.78, 5) is 35.1. The molecule has 0 spiro atoms. The first kappa shape index (κ1) is 18.6. The van der Waals surface area contributed by atoms with Crippen molar-refractivity contribution in [3.8, 4) is 11.5 Å². The summed E-state index contributed by atoms with van der Waals surface area (Å²) < 4.78 is 10.8. The van der Waals surface area contributed by atoms with Crippen LogP contribution < -0.4 is 20.1 Å². The number of carbonyl (C=O) groups excluding carboxylic acids is 2. The second-order valence-corrected chi connectivity index (χ2v) is 6.13. The first-order valence-corrected chi connectivity index (χ1v) is 8.07. The number of carboxylic acid groups (broad SMARTS) is 1. The van der Waals surface area contributed by atoms with Gasteiger partial charge in [0.1, 0.15) is 19.3 Å². The molecule has 0 aromatic heterocycles. The Bertz CT molecular complexity index is 659. The number of rotatable bonds is 7. The predicted octanol–water partition coefficient (Wildman–Crippen LogP) is 0.803. The van der Waals surface area contributed by atoms with Crippen molar-refractivity contribution in [2.45, 2.75) is 26.3 Å². The maximum atomic E-state index is 12.1. The molecule has 8 heteroatoms. The number of aliphatic carboxylic acids is 1. The third-order valence-electron chi connectivity index (χ3n) is 3.55. The number of ether oxygens (including phenoxy) is 2. The predicted molar refractivity (Wildman–Crippen MR) is 88.8 cm³/mol. The molecule has 3 N–H and O–H groups in total. The fourth-order valence-electron chi connectivity index (χ4n) is 2.39. The molecule has 1 aliphatic heterocycles. The van der Waals surface area contributed by atoms with Crippen molar-refractivity contribution >= 4 is 17.8 Å². The van der Waals surface area contributed by atoms with Gasteiger partial charge < -0.3 is 25.2 Å². The van der Waals surface area contributed by atoms with Crippen molar-refractivity contribution in [1.82, 2.24) is 10.6 Å². The average Bonchev–Trinajstić information content (AvgIpc) is 2.58. The summed E-state index contributed by atoms with van der Waals surface area (Å²) in [6.45, 7) is 4.29. The monoisotopic (exact) mass is 350 g/mol. The van der Waals surface area contributed by atoms with Gasteiger partial charge in [0, 0.05) is 5.56 Å². The largest absolute Gasteiger partial charge is 0.486 e. The Hall–Kier alpha value is -2.77. The maximum Gasteiger partial charge on any atom is 0.326 e. The van der Waals surface area contributed by atoms with Gasteiger partial charge in [-0.3, -0.25) is 9.59 Å². The molecule has 25 heavy (non-hydrogen) atoms. The molecule has 0 fully saturated rings. The molecule has 0 saturated carbocycles. The molecule has 1 aromatic rings. The van der Waals surface area contributed by atoms with Crippen LogP contribution in [0, 0.1) is 5.92 Å². The fraction of sp³-hybridized carbons (Fsp3) is 0.471. The zero-order valence-corrected chi connectivity index (χ0v) is 14.2. The van der Waals surface area contributed by atoms with E-state index in [-0.39, 0.29) is 12.5 Å². The molecule has 0 saturated heterocycles. The van der Waals surface area contributed by atoms with Crippen LogP contribution in [0.25, 0.3) is 0 Å². The number of carbonyl (C=O) groups is 3. The van der Waals surface area contributed by atoms with Gasteiger partial charge in [-0.2, -0.15) is 0 Å². The number of nitrogens with one attached hydrogen (secondary N) is 2. The van der Waals surface area contributed by atoms with Gasteiger partial charge in [0.15, 0.2) is 11.5 Å². The highest BCUT2D eigenvalue weighted by Gasteiger charge is 2.21. The van der Waals surface area contributed by atoms with Crippen molar-refractivity contribution in [2.75, 3.05) is 19.8 Å². The van der Waals surface area contributed by atoms with E-state index in [0.29, 0.717) is 36.7 Å². The third-order valence-corrected chi connectivity index (χ3v) is 3.55. The number of amides is 2. The van der Waals surface area contributed by atoms with Crippen LogP contribution in [-0.2, 0) is 9.59 Å². The van der Waals surface area contributed by atoms with E-state index in [0.717, 1.165) is 0 Å². The van der Waals surface area contributed by atoms with E-state index in [2.05, 4.69) is 10.6 Å². The van der Waals surface area contributed by atoms with E-state index < -0.39 is 23.8 Å². The Labute approximate surface area is 145 Å². The second-order valence-electron chi connectivity index (χ2n) is 6.13. The van der Waals surface area contributed by atoms with E-state index in [9.17, 15) is 14.4 Å². The molecule has 0 unspecified atom stereocenters. The molecule has 0 bridgehead atoms. The van der Waals surface area contributed by atoms with Crippen LogP contribution in [0.3, 0.4) is 0 Å². The Morgan fingerprint density at radius 2 is 1.84 bits per heavy atom. The molecule has 2 rings (SSSR count). The highest BCUT2D eigenvalue weighted by Crippen LogP contribution is 2.30. The minimum absolute atomic E-state index is 0.119. The van der Waals surface area contributed by atoms with E-state index in [4.69, 9.17) is 14.6 Å². The van der Waals surface area contributed by atoms with Crippen molar-refractivity contribution in [3.63, 3.8) is 0 Å². The first-order valence-electron chi connectivity index (χ1n) is 8.07. The standard InChI is InChI=1S/C17H22N2O6/c1-10(2)7-12(17(22)23)19-15(20)9-18-16(21)11-3-4-13-14(8-11)25-6-5-24-13/h3-4,8,10,12H,5-7,9H2,1-2H3,(H,18,21)(H,19,20)(H,22,23)/t12-/m0/s1. The molecular weight excluding hydrogens is 328 g/mol. The summed E-state index contributed by atoms with van der Waals surface area (Å²) in [5, 5.41) is 14.0. The van der Waals surface area contributed by atoms with Crippen molar-refractivity contribution < 1.29 is 29.0 Å². The lowest BCUT2D eigenvalue weighted by molar-refractivity contribution is -0.142. The van der Waals surface area contributed by atoms with E-state index in [1.807, 2.05) is 13.8 Å². The number of benzene rings is 1. The number of hydrogen-bond acceptors (Lipinski definition) is 5. The summed E-state index contributed by atoms with van der Waals surface area (Å²) in [5.41, 5.74) is 0.328. The smallest absolute Gasteiger partial charge is 0.326 e. The highest BCUT2D eigenvalue weighted by molar-refractivity contribution is 5.97. The van der Waals surface area contributed by atoms with Gasteiger partial charge in [-0.1, -0.05) is 13.8 Å². The lowest BCUT2D eigenvalue weighted by Crippen LogP contribution is -2.46. The topological polar surface area (TPSA) is 114 Å². The SMILES string of the molecule is CC(C)C[C@H](NC(=O)CNC(=O)c1ccc2c(c1)OCCO2)C(=O)O. The quantitative estimate of drug-likeness (QED) is 0.670. The third kappa shape index (κ3) is 5.37. The van der Waals surface area contributed by atoms with Gasteiger partial charge in [0.25, 0.3) is 5.91 Å². The fourth-order valence-corrected chi connectivity index (χ4v) is 2.39. The van der Waals surface area contributed by atoms with Crippen LogP contribution in [-0.4, -0.2) is 48.7 Å². The van der Waals surface area contributed by atoms with Gasteiger partial charge in [-0.25, -0.2) is 4.79 Å². The maximum absolute atomic E-state index is 12.1. The normalized spacial score (nSPS) is 13.9. The Kier molecular flexibility index (Phi) is 6.21. The summed E-state index contributed by atoms with van der Waals surface area (Å²) in [5.74, 6) is -0.944. The second kappa shape index (κ2) is 8.36. The lowest BCUT2D eigenvalue weighted by atomic mass is 10.0. The molecule has 136 valence electrons. The van der Waals surface area contributed by atoms with Crippen molar-refractivity contribution in [3.05, 3.63) is 23.8 Å². The van der Waals surface area contributed by atoms with Crippen LogP contribution in [0.5, 0.6) is 11.5 Å². The molecule has 0 aliphatic carbocycles. The van der Waals surface area contributed by atoms with Crippen molar-refractivity contribution in [2.24, 2.45) is 5.92 Å². The Morgan fingerprint density at radius 3 is 2.48 bits per heavy atom. The zero-order chi connectivity index (χ0) is 18.4. The Morgan fingerprint density at radius 1 is 1.16 bits per heavy atom. The lowest BCUT2D eigenvalue weighted by Gasteiger charge is -2.19. The van der Waals surface area contributed by atoms with Gasteiger partial charge in [0.2, 0.25) is 5.91 Å². The molecule has 0 radical (unpaired) electrons. The van der Waals surface area contributed by atoms with E-state index >= 15 is 0 Å². The molecule has 1 aromatic carbocycles. The average molecular weight is 350 g/mol. The van der Waals surface area contributed by atoms with Crippen molar-refractivity contribution in [1.29, 1.82) is 0 Å². The summed E-state index contributed by atoms with van der Waals surface area (Å²) in [7, 11) is 0. The van der Waals surface area contributed by atoms with Crippen LogP contribution >= 0.6 is 0 Å². The van der Waals surface area contributed by atoms with E-state index in [1.165, 1.54) is 0 Å². The van der Waals surface area contributed by atoms with Gasteiger partial charge in [-0.05, 0) is 30.5 Å². The first-order chi connectivity index (χ1) is 11.9. The molecule has 8 nitrogen and oxygen atoms in total. The van der Waals surface area contributed by atoms with Gasteiger partial charge in [0.05, 0.1) is 6.54 Å². The minimum Gasteiger partial charge on any atom is -0.486 e. The molecule has 1 atom stereocenters. The zero-order valence-electron chi connectivity index (χ0n) is 14.2. The Balaban J connectivity index is 1.88. The molecule has 1 aliphatic rings. The van der Waals surface area contributed by atoms with Crippen LogP contribution in [0.4, 0.5) is 0 Å². The highest BCUT2D eigenvalue weighted by atomic mass is 16.6. The summed E-state index contributed by atoms with van der Waals surface area (Å²) >= 11 is 0. The van der Waals surface area contributed by atoms with Crippen LogP contribution in [0.2, 0.25) is 0 Å². The molecular formula is C17H22N2O6. The summed E-state index contributed by atoms with van der Waals surface area (Å²) in [6, 6.07) is 3.77. The van der Waals surface area contributed by atoms with Crippen LogP contribution in [0.15, 0.2) is 18.2 Å². The minimum atomic E-state index is -1.10.